The van der Waals surface area contributed by atoms with Gasteiger partial charge in [-0.1, -0.05) is 0 Å². The average Bonchev–Trinajstić information content (AvgIpc) is 2.47. The number of alkyl carbamates (subject to hydrolysis) is 2. The molecule has 0 unspecified atom stereocenters. The molecule has 1 aliphatic heterocycles. The number of hydrogen-bond acceptors (Lipinski definition) is 6. The van der Waals surface area contributed by atoms with E-state index in [0.717, 1.165) is 0 Å². The third-order valence-corrected chi connectivity index (χ3v) is 3.54. The van der Waals surface area contributed by atoms with Crippen LogP contribution >= 0.6 is 24.4 Å². The van der Waals surface area contributed by atoms with Crippen molar-refractivity contribution in [2.24, 2.45) is 0 Å². The third-order valence-electron chi connectivity index (χ3n) is 2.82. The Morgan fingerprint density at radius 3 is 1.45 bits per heavy atom. The Hall–Kier alpha value is -1.68. The highest BCUT2D eigenvalue weighted by Crippen LogP contribution is 2.03. The number of hydrogen-bond donors (Lipinski definition) is 2. The maximum Gasteiger partial charge on any atom is 0.413 e. The number of ether oxygens (including phenoxy) is 2. The summed E-state index contributed by atoms with van der Waals surface area (Å²) in [6.07, 6.45) is -1.12. The predicted octanol–water partition coefficient (Wildman–Crippen LogP) is 0.666. The van der Waals surface area contributed by atoms with Crippen LogP contribution in [-0.4, -0.2) is 71.6 Å². The van der Waals surface area contributed by atoms with Gasteiger partial charge in [-0.05, 0) is 38.3 Å². The van der Waals surface area contributed by atoms with E-state index in [0.29, 0.717) is 36.4 Å². The Morgan fingerprint density at radius 1 is 0.864 bits per heavy atom. The minimum atomic E-state index is -0.561. The van der Waals surface area contributed by atoms with Crippen molar-refractivity contribution >= 4 is 46.8 Å². The Kier molecular flexibility index (Phi) is 7.82. The highest BCUT2D eigenvalue weighted by atomic mass is 32.1. The minimum Gasteiger partial charge on any atom is -0.450 e. The fourth-order valence-corrected chi connectivity index (χ4v) is 2.31. The quantitative estimate of drug-likeness (QED) is 0.705. The number of piperazine rings is 1. The maximum atomic E-state index is 11.3. The molecule has 0 atom stereocenters. The van der Waals surface area contributed by atoms with Gasteiger partial charge in [0.1, 0.15) is 0 Å². The van der Waals surface area contributed by atoms with Crippen molar-refractivity contribution in [3.63, 3.8) is 0 Å². The summed E-state index contributed by atoms with van der Waals surface area (Å²) in [7, 11) is 0. The van der Waals surface area contributed by atoms with Gasteiger partial charge < -0.3 is 19.3 Å². The molecule has 1 rings (SSSR count). The van der Waals surface area contributed by atoms with Crippen LogP contribution in [0.3, 0.4) is 0 Å². The molecule has 0 aromatic rings. The van der Waals surface area contributed by atoms with Crippen LogP contribution in [0.15, 0.2) is 0 Å². The lowest BCUT2D eigenvalue weighted by atomic mass is 10.3. The Labute approximate surface area is 140 Å². The minimum absolute atomic E-state index is 0.288. The van der Waals surface area contributed by atoms with Gasteiger partial charge in [-0.3, -0.25) is 10.6 Å². The van der Waals surface area contributed by atoms with E-state index in [1.807, 2.05) is 9.80 Å². The van der Waals surface area contributed by atoms with Crippen LogP contribution in [0.5, 0.6) is 0 Å². The summed E-state index contributed by atoms with van der Waals surface area (Å²) in [5.74, 6) is 0. The molecule has 0 aliphatic carbocycles. The average molecular weight is 348 g/mol. The molecule has 22 heavy (non-hydrogen) atoms. The summed E-state index contributed by atoms with van der Waals surface area (Å²) >= 11 is 10.3. The van der Waals surface area contributed by atoms with Gasteiger partial charge in [-0.2, -0.15) is 0 Å². The topological polar surface area (TPSA) is 83.1 Å². The van der Waals surface area contributed by atoms with E-state index in [1.54, 1.807) is 13.8 Å². The summed E-state index contributed by atoms with van der Waals surface area (Å²) in [5.41, 5.74) is 0. The summed E-state index contributed by atoms with van der Waals surface area (Å²) in [6.45, 7) is 6.33. The molecule has 8 nitrogen and oxygen atoms in total. The van der Waals surface area contributed by atoms with Crippen LogP contribution < -0.4 is 10.6 Å². The molecule has 2 N–H and O–H groups in total. The van der Waals surface area contributed by atoms with E-state index in [-0.39, 0.29) is 13.2 Å². The van der Waals surface area contributed by atoms with Crippen molar-refractivity contribution in [3.05, 3.63) is 0 Å². The number of amides is 2. The number of nitrogens with one attached hydrogen (secondary N) is 2. The van der Waals surface area contributed by atoms with Crippen LogP contribution in [0.1, 0.15) is 13.8 Å². The van der Waals surface area contributed by atoms with Gasteiger partial charge in [-0.15, -0.1) is 0 Å². The fourth-order valence-electron chi connectivity index (χ4n) is 1.78. The molecule has 0 bridgehead atoms. The van der Waals surface area contributed by atoms with Gasteiger partial charge >= 0.3 is 12.2 Å². The van der Waals surface area contributed by atoms with E-state index in [4.69, 9.17) is 33.9 Å². The van der Waals surface area contributed by atoms with Crippen LogP contribution in [0.25, 0.3) is 0 Å². The van der Waals surface area contributed by atoms with Gasteiger partial charge in [0.25, 0.3) is 0 Å². The standard InChI is InChI=1S/C12H20N4O4S2/c1-3-19-11(17)13-9(21)15-5-7-16(8-6-15)10(22)14-12(18)20-4-2/h3-8H2,1-2H3,(H,13,17,21)(H,14,18,22). The molecule has 2 amide bonds. The first-order chi connectivity index (χ1) is 10.5. The van der Waals surface area contributed by atoms with Gasteiger partial charge in [0, 0.05) is 26.2 Å². The molecule has 1 heterocycles. The fraction of sp³-hybridized carbons (Fsp3) is 0.667. The zero-order chi connectivity index (χ0) is 16.5. The second-order valence-electron chi connectivity index (χ2n) is 4.28. The summed E-state index contributed by atoms with van der Waals surface area (Å²) < 4.78 is 9.55. The van der Waals surface area contributed by atoms with Crippen LogP contribution in [0.2, 0.25) is 0 Å². The van der Waals surface area contributed by atoms with Gasteiger partial charge in [0.05, 0.1) is 13.2 Å². The molecule has 0 radical (unpaired) electrons. The zero-order valence-electron chi connectivity index (χ0n) is 12.6. The van der Waals surface area contributed by atoms with E-state index >= 15 is 0 Å². The Bertz CT molecular complexity index is 399. The van der Waals surface area contributed by atoms with E-state index in [1.165, 1.54) is 0 Å². The van der Waals surface area contributed by atoms with E-state index in [9.17, 15) is 9.59 Å². The Balaban J connectivity index is 2.36. The first kappa shape index (κ1) is 18.4. The number of carbonyl (C=O) groups excluding carboxylic acids is 2. The lowest BCUT2D eigenvalue weighted by Crippen LogP contribution is -2.56. The van der Waals surface area contributed by atoms with Crippen molar-refractivity contribution in [1.29, 1.82) is 0 Å². The van der Waals surface area contributed by atoms with Crippen molar-refractivity contribution in [3.8, 4) is 0 Å². The number of nitrogens with zero attached hydrogens (tertiary/aromatic N) is 2. The maximum absolute atomic E-state index is 11.3. The second kappa shape index (κ2) is 9.36. The lowest BCUT2D eigenvalue weighted by molar-refractivity contribution is 0.153. The molecule has 0 aromatic heterocycles. The summed E-state index contributed by atoms with van der Waals surface area (Å²) in [4.78, 5) is 26.3. The van der Waals surface area contributed by atoms with Crippen molar-refractivity contribution in [1.82, 2.24) is 20.4 Å². The van der Waals surface area contributed by atoms with Crippen molar-refractivity contribution in [2.45, 2.75) is 13.8 Å². The van der Waals surface area contributed by atoms with E-state index in [2.05, 4.69) is 10.6 Å². The highest BCUT2D eigenvalue weighted by molar-refractivity contribution is 7.80. The van der Waals surface area contributed by atoms with Crippen molar-refractivity contribution < 1.29 is 19.1 Å². The van der Waals surface area contributed by atoms with Crippen LogP contribution in [-0.2, 0) is 9.47 Å². The van der Waals surface area contributed by atoms with Crippen LogP contribution in [0, 0.1) is 0 Å². The number of carbonyl (C=O) groups is 2. The first-order valence-electron chi connectivity index (χ1n) is 6.93. The summed E-state index contributed by atoms with van der Waals surface area (Å²) in [5, 5.41) is 5.64. The van der Waals surface area contributed by atoms with Gasteiger partial charge in [0.15, 0.2) is 10.2 Å². The molecule has 1 aliphatic rings. The Morgan fingerprint density at radius 2 is 1.18 bits per heavy atom. The molecular formula is C12H20N4O4S2. The van der Waals surface area contributed by atoms with Gasteiger partial charge in [0.2, 0.25) is 0 Å². The predicted molar refractivity (Wildman–Crippen MR) is 88.7 cm³/mol. The monoisotopic (exact) mass is 348 g/mol. The smallest absolute Gasteiger partial charge is 0.413 e. The highest BCUT2D eigenvalue weighted by Gasteiger charge is 2.22. The van der Waals surface area contributed by atoms with Crippen LogP contribution in [0.4, 0.5) is 9.59 Å². The van der Waals surface area contributed by atoms with E-state index < -0.39 is 12.2 Å². The lowest BCUT2D eigenvalue weighted by Gasteiger charge is -2.36. The molecule has 1 fully saturated rings. The van der Waals surface area contributed by atoms with Gasteiger partial charge in [-0.25, -0.2) is 9.59 Å². The number of thiocarbonyl (C=S) groups is 2. The molecule has 0 saturated carbocycles. The molecule has 0 aromatic carbocycles. The third kappa shape index (κ3) is 5.98. The molecule has 10 heteroatoms. The largest absolute Gasteiger partial charge is 0.450 e. The zero-order valence-corrected chi connectivity index (χ0v) is 14.2. The summed E-state index contributed by atoms with van der Waals surface area (Å²) in [6, 6.07) is 0. The van der Waals surface area contributed by atoms with Crippen molar-refractivity contribution in [2.75, 3.05) is 39.4 Å². The normalized spacial score (nSPS) is 14.1. The molecular weight excluding hydrogens is 328 g/mol. The molecule has 124 valence electrons. The SMILES string of the molecule is CCOC(=O)NC(=S)N1CCN(C(=S)NC(=O)OCC)CC1. The second-order valence-corrected chi connectivity index (χ2v) is 5.05. The molecule has 0 spiro atoms. The first-order valence-corrected chi connectivity index (χ1v) is 7.74. The number of rotatable bonds is 2. The molecule has 1 saturated heterocycles.